The molecule has 0 amide bonds. The van der Waals surface area contributed by atoms with Crippen molar-refractivity contribution < 1.29 is 23.2 Å². The summed E-state index contributed by atoms with van der Waals surface area (Å²) in [5, 5.41) is 0. The molecule has 0 N–H and O–H groups in total. The molecule has 1 fully saturated rings. The van der Waals surface area contributed by atoms with Gasteiger partial charge in [-0.05, 0) is 26.8 Å². The fourth-order valence-corrected chi connectivity index (χ4v) is 2.17. The van der Waals surface area contributed by atoms with E-state index in [1.165, 1.54) is 12.3 Å². The molecule has 7 heteroatoms. The van der Waals surface area contributed by atoms with Crippen molar-refractivity contribution in [2.24, 2.45) is 5.41 Å². The topological polar surface area (TPSA) is 57.7 Å². The van der Waals surface area contributed by atoms with Crippen molar-refractivity contribution >= 4 is 18.6 Å². The van der Waals surface area contributed by atoms with Gasteiger partial charge >= 0.3 is 13.1 Å². The van der Waals surface area contributed by atoms with Gasteiger partial charge in [0.05, 0.1) is 24.3 Å². The third kappa shape index (κ3) is 3.90. The van der Waals surface area contributed by atoms with E-state index in [-0.39, 0.29) is 24.1 Å². The van der Waals surface area contributed by atoms with Crippen LogP contribution >= 0.6 is 0 Å². The van der Waals surface area contributed by atoms with E-state index in [2.05, 4.69) is 18.8 Å². The van der Waals surface area contributed by atoms with E-state index in [1.807, 2.05) is 13.8 Å². The smallest absolute Gasteiger partial charge is 0.466 e. The first kappa shape index (κ1) is 17.9. The van der Waals surface area contributed by atoms with Crippen LogP contribution in [0.5, 0.6) is 0 Å². The van der Waals surface area contributed by atoms with Crippen molar-refractivity contribution in [2.45, 2.75) is 46.6 Å². The molecule has 0 saturated carbocycles. The van der Waals surface area contributed by atoms with Gasteiger partial charge in [0.25, 0.3) is 0 Å². The molecule has 0 aromatic carbocycles. The summed E-state index contributed by atoms with van der Waals surface area (Å²) in [5.74, 6) is -1.06. The molecule has 126 valence electrons. The minimum Gasteiger partial charge on any atom is -0.466 e. The van der Waals surface area contributed by atoms with Gasteiger partial charge in [-0.2, -0.15) is 0 Å². The lowest BCUT2D eigenvalue weighted by atomic mass is 9.69. The summed E-state index contributed by atoms with van der Waals surface area (Å²) in [6.07, 6.45) is 1.29. The van der Waals surface area contributed by atoms with Crippen LogP contribution in [-0.2, 0) is 25.3 Å². The highest BCUT2D eigenvalue weighted by Gasteiger charge is 2.47. The van der Waals surface area contributed by atoms with Crippen LogP contribution in [0.15, 0.2) is 12.3 Å². The molecule has 23 heavy (non-hydrogen) atoms. The maximum atomic E-state index is 14.2. The van der Waals surface area contributed by atoms with Crippen molar-refractivity contribution in [2.75, 3.05) is 13.2 Å². The van der Waals surface area contributed by atoms with E-state index < -0.39 is 24.5 Å². The minimum atomic E-state index is -0.670. The van der Waals surface area contributed by atoms with E-state index in [4.69, 9.17) is 14.0 Å². The average molecular weight is 323 g/mol. The second kappa shape index (κ2) is 6.57. The number of halogens is 1. The number of aromatic nitrogens is 1. The molecule has 0 bridgehead atoms. The fourth-order valence-electron chi connectivity index (χ4n) is 2.17. The number of hydrogen-bond acceptors (Lipinski definition) is 5. The molecule has 2 rings (SSSR count). The van der Waals surface area contributed by atoms with Gasteiger partial charge < -0.3 is 14.0 Å². The quantitative estimate of drug-likeness (QED) is 0.625. The summed E-state index contributed by atoms with van der Waals surface area (Å²) in [5.41, 5.74) is -0.0173. The van der Waals surface area contributed by atoms with Gasteiger partial charge in [0.1, 0.15) is 5.82 Å². The van der Waals surface area contributed by atoms with Crippen LogP contribution in [0.1, 0.15) is 40.3 Å². The van der Waals surface area contributed by atoms with Gasteiger partial charge in [0, 0.05) is 23.7 Å². The Hall–Kier alpha value is -1.47. The zero-order valence-electron chi connectivity index (χ0n) is 14.3. The van der Waals surface area contributed by atoms with E-state index in [9.17, 15) is 9.18 Å². The summed E-state index contributed by atoms with van der Waals surface area (Å²) in [7, 11) is -0.670. The molecule has 0 radical (unpaired) electrons. The molecule has 2 heterocycles. The Morgan fingerprint density at radius 2 is 2.13 bits per heavy atom. The van der Waals surface area contributed by atoms with Gasteiger partial charge in [-0.3, -0.25) is 9.78 Å². The van der Waals surface area contributed by atoms with Gasteiger partial charge in [-0.25, -0.2) is 4.39 Å². The SMILES string of the molecule is CCOC(=O)Cc1ncc(B2OCC(C)(C)C(C)(C)O2)cc1F. The van der Waals surface area contributed by atoms with Crippen LogP contribution in [-0.4, -0.2) is 36.9 Å². The number of nitrogens with zero attached hydrogens (tertiary/aromatic N) is 1. The first-order chi connectivity index (χ1) is 10.7. The van der Waals surface area contributed by atoms with Crippen molar-refractivity contribution in [1.29, 1.82) is 0 Å². The highest BCUT2D eigenvalue weighted by molar-refractivity contribution is 6.61. The Kier molecular flexibility index (Phi) is 5.11. The molecular weight excluding hydrogens is 300 g/mol. The number of hydrogen-bond donors (Lipinski definition) is 0. The Bertz CT molecular complexity index is 591. The number of rotatable bonds is 4. The van der Waals surface area contributed by atoms with E-state index in [1.54, 1.807) is 6.92 Å². The third-order valence-corrected chi connectivity index (χ3v) is 4.45. The lowest BCUT2D eigenvalue weighted by Crippen LogP contribution is -2.58. The Balaban J connectivity index is 2.13. The summed E-state index contributed by atoms with van der Waals surface area (Å²) in [6.45, 7) is 10.5. The van der Waals surface area contributed by atoms with Gasteiger partial charge in [-0.1, -0.05) is 13.8 Å². The maximum Gasteiger partial charge on any atom is 0.495 e. The molecule has 1 aromatic heterocycles. The number of pyridine rings is 1. The van der Waals surface area contributed by atoms with E-state index in [0.717, 1.165) is 0 Å². The molecule has 0 aliphatic carbocycles. The molecule has 0 spiro atoms. The summed E-state index contributed by atoms with van der Waals surface area (Å²) in [6, 6.07) is 1.31. The predicted octanol–water partition coefficient (Wildman–Crippen LogP) is 1.87. The second-order valence-corrected chi connectivity index (χ2v) is 6.83. The van der Waals surface area contributed by atoms with Crippen LogP contribution in [0, 0.1) is 11.2 Å². The first-order valence-corrected chi connectivity index (χ1v) is 7.75. The molecular formula is C16H23BFNO4. The normalized spacial score (nSPS) is 19.5. The number of carbonyl (C=O) groups is 1. The van der Waals surface area contributed by atoms with Crippen LogP contribution < -0.4 is 5.46 Å². The minimum absolute atomic E-state index is 0.0580. The largest absolute Gasteiger partial charge is 0.495 e. The summed E-state index contributed by atoms with van der Waals surface area (Å²) < 4.78 is 30.6. The van der Waals surface area contributed by atoms with Crippen molar-refractivity contribution in [3.8, 4) is 0 Å². The van der Waals surface area contributed by atoms with Gasteiger partial charge in [0.15, 0.2) is 0 Å². The lowest BCUT2D eigenvalue weighted by Gasteiger charge is -2.47. The lowest BCUT2D eigenvalue weighted by molar-refractivity contribution is -0.142. The molecule has 1 aromatic rings. The highest BCUT2D eigenvalue weighted by atomic mass is 19.1. The van der Waals surface area contributed by atoms with Gasteiger partial charge in [0.2, 0.25) is 0 Å². The third-order valence-electron chi connectivity index (χ3n) is 4.45. The zero-order chi connectivity index (χ0) is 17.3. The molecule has 0 atom stereocenters. The second-order valence-electron chi connectivity index (χ2n) is 6.83. The zero-order valence-corrected chi connectivity index (χ0v) is 14.3. The highest BCUT2D eigenvalue weighted by Crippen LogP contribution is 2.37. The average Bonchev–Trinajstić information content (AvgIpc) is 2.44. The molecule has 1 aliphatic heterocycles. The Morgan fingerprint density at radius 3 is 2.70 bits per heavy atom. The summed E-state index contributed by atoms with van der Waals surface area (Å²) in [4.78, 5) is 15.5. The van der Waals surface area contributed by atoms with Crippen molar-refractivity contribution in [3.05, 3.63) is 23.8 Å². The van der Waals surface area contributed by atoms with E-state index >= 15 is 0 Å². The molecule has 1 saturated heterocycles. The van der Waals surface area contributed by atoms with Crippen molar-refractivity contribution in [3.63, 3.8) is 0 Å². The number of esters is 1. The van der Waals surface area contributed by atoms with Crippen LogP contribution in [0.25, 0.3) is 0 Å². The van der Waals surface area contributed by atoms with Crippen LogP contribution in [0.4, 0.5) is 4.39 Å². The summed E-state index contributed by atoms with van der Waals surface area (Å²) >= 11 is 0. The predicted molar refractivity (Wildman–Crippen MR) is 84.8 cm³/mol. The molecule has 0 unspecified atom stereocenters. The van der Waals surface area contributed by atoms with Crippen LogP contribution in [0.3, 0.4) is 0 Å². The van der Waals surface area contributed by atoms with Crippen molar-refractivity contribution in [1.82, 2.24) is 4.98 Å². The monoisotopic (exact) mass is 323 g/mol. The Morgan fingerprint density at radius 1 is 1.43 bits per heavy atom. The fraction of sp³-hybridized carbons (Fsp3) is 0.625. The number of ether oxygens (including phenoxy) is 1. The molecule has 1 aliphatic rings. The first-order valence-electron chi connectivity index (χ1n) is 7.75. The van der Waals surface area contributed by atoms with E-state index in [0.29, 0.717) is 12.1 Å². The molecule has 5 nitrogen and oxygen atoms in total. The Labute approximate surface area is 136 Å². The standard InChI is InChI=1S/C16H23BFNO4/c1-6-21-14(20)8-13-12(18)7-11(9-19-13)17-22-10-15(2,3)16(4,5)23-17/h7,9H,6,8,10H2,1-5H3. The van der Waals surface area contributed by atoms with Gasteiger partial charge in [-0.15, -0.1) is 0 Å². The maximum absolute atomic E-state index is 14.2. The number of carbonyl (C=O) groups excluding carboxylic acids is 1. The van der Waals surface area contributed by atoms with Crippen LogP contribution in [0.2, 0.25) is 0 Å².